The number of methoxy groups -OCH3 is 1. The minimum atomic E-state index is -1.25. The molecule has 13 heteroatoms. The van der Waals surface area contributed by atoms with E-state index >= 15 is 0 Å². The lowest BCUT2D eigenvalue weighted by atomic mass is 10.0. The van der Waals surface area contributed by atoms with Gasteiger partial charge in [0.05, 0.1) is 31.6 Å². The van der Waals surface area contributed by atoms with Crippen molar-refractivity contribution >= 4 is 67.8 Å². The first-order valence-electron chi connectivity index (χ1n) is 16.2. The van der Waals surface area contributed by atoms with Crippen LogP contribution in [0.25, 0.3) is 10.8 Å². The van der Waals surface area contributed by atoms with Crippen LogP contribution in [0.2, 0.25) is 0 Å². The van der Waals surface area contributed by atoms with Gasteiger partial charge in [-0.25, -0.2) is 4.79 Å². The number of carbonyl (C=O) groups excluding carboxylic acids is 5. The zero-order valence-corrected chi connectivity index (χ0v) is 30.8. The number of anilines is 2. The van der Waals surface area contributed by atoms with Crippen molar-refractivity contribution in [3.63, 3.8) is 0 Å². The van der Waals surface area contributed by atoms with Gasteiger partial charge in [-0.3, -0.25) is 24.1 Å². The summed E-state index contributed by atoms with van der Waals surface area (Å²) < 4.78 is 12.1. The molecule has 0 fully saturated rings. The van der Waals surface area contributed by atoms with Gasteiger partial charge in [-0.1, -0.05) is 40.2 Å². The highest BCUT2D eigenvalue weighted by Crippen LogP contribution is 2.38. The summed E-state index contributed by atoms with van der Waals surface area (Å²) in [7, 11) is 2.99. The summed E-state index contributed by atoms with van der Waals surface area (Å²) in [6.45, 7) is 6.48. The van der Waals surface area contributed by atoms with Crippen LogP contribution in [0.5, 0.6) is 5.75 Å². The highest BCUT2D eigenvalue weighted by Gasteiger charge is 2.39. The molecule has 0 saturated heterocycles. The van der Waals surface area contributed by atoms with E-state index in [4.69, 9.17) is 15.2 Å². The highest BCUT2D eigenvalue weighted by molar-refractivity contribution is 9.10. The van der Waals surface area contributed by atoms with Crippen molar-refractivity contribution < 1.29 is 33.4 Å². The molecule has 1 heterocycles. The van der Waals surface area contributed by atoms with E-state index < -0.39 is 47.4 Å². The molecule has 0 spiro atoms. The zero-order chi connectivity index (χ0) is 37.2. The molecule has 4 aromatic carbocycles. The number of halogens is 1. The Morgan fingerprint density at radius 3 is 2.25 bits per heavy atom. The smallest absolute Gasteiger partial charge is 0.410 e. The molecule has 0 saturated carbocycles. The number of hydrogen-bond acceptors (Lipinski definition) is 7. The second-order valence-corrected chi connectivity index (χ2v) is 14.1. The number of hydrogen-bond donors (Lipinski definition) is 2. The Morgan fingerprint density at radius 1 is 0.980 bits per heavy atom. The number of fused-ring (bicyclic) bond motifs is 2. The number of nitrogens with one attached hydrogen (secondary N) is 1. The number of carbonyl (C=O) groups is 5. The molecule has 1 aliphatic rings. The normalized spacial score (nSPS) is 15.0. The van der Waals surface area contributed by atoms with Crippen LogP contribution in [0, 0.1) is 0 Å². The van der Waals surface area contributed by atoms with Crippen molar-refractivity contribution in [2.75, 3.05) is 30.5 Å². The summed E-state index contributed by atoms with van der Waals surface area (Å²) in [5.74, 6) is -1.68. The fraction of sp³-hybridized carbons (Fsp3) is 0.289. The minimum Gasteiger partial charge on any atom is -0.496 e. The third-order valence-electron chi connectivity index (χ3n) is 8.60. The number of para-hydroxylation sites is 2. The largest absolute Gasteiger partial charge is 0.496 e. The van der Waals surface area contributed by atoms with Crippen LogP contribution in [0.3, 0.4) is 0 Å². The van der Waals surface area contributed by atoms with Gasteiger partial charge in [0.15, 0.2) is 0 Å². The van der Waals surface area contributed by atoms with Gasteiger partial charge in [-0.15, -0.1) is 0 Å². The Balaban J connectivity index is 1.59. The van der Waals surface area contributed by atoms with Crippen molar-refractivity contribution in [1.82, 2.24) is 10.2 Å². The van der Waals surface area contributed by atoms with E-state index in [2.05, 4.69) is 21.2 Å². The minimum absolute atomic E-state index is 0.0348. The lowest BCUT2D eigenvalue weighted by Gasteiger charge is -2.30. The number of nitrogens with two attached hydrogens (primary N) is 1. The highest BCUT2D eigenvalue weighted by atomic mass is 79.9. The Kier molecular flexibility index (Phi) is 10.7. The topological polar surface area (TPSA) is 152 Å². The van der Waals surface area contributed by atoms with Crippen molar-refractivity contribution in [1.29, 1.82) is 0 Å². The summed E-state index contributed by atoms with van der Waals surface area (Å²) in [4.78, 5) is 71.4. The molecule has 0 unspecified atom stereocenters. The van der Waals surface area contributed by atoms with E-state index in [0.717, 1.165) is 25.7 Å². The Hall–Kier alpha value is -5.43. The number of benzene rings is 4. The van der Waals surface area contributed by atoms with E-state index in [1.165, 1.54) is 48.0 Å². The molecular formula is C38H40BrN5O7. The molecular weight excluding hydrogens is 718 g/mol. The van der Waals surface area contributed by atoms with Gasteiger partial charge in [0, 0.05) is 28.2 Å². The predicted molar refractivity (Wildman–Crippen MR) is 198 cm³/mol. The van der Waals surface area contributed by atoms with E-state index in [1.54, 1.807) is 52.1 Å². The maximum absolute atomic E-state index is 14.7. The Bertz CT molecular complexity index is 2010. The molecule has 51 heavy (non-hydrogen) atoms. The number of amides is 5. The molecule has 0 radical (unpaired) electrons. The average molecular weight is 759 g/mol. The van der Waals surface area contributed by atoms with Crippen molar-refractivity contribution in [2.24, 2.45) is 5.73 Å². The molecule has 5 amide bonds. The molecule has 4 aromatic rings. The molecule has 0 aromatic heterocycles. The SMILES string of the molecule is COc1ccc2cc(Br)ccc2c1CN1C(=O)[C@@H](NC(=O)[C@H](C)N(C)C(=O)OC(C)(C)C)CN(C(=O)c2ccc(C(N)=O)cc2)c2ccccc21. The van der Waals surface area contributed by atoms with Gasteiger partial charge >= 0.3 is 6.09 Å². The van der Waals surface area contributed by atoms with Gasteiger partial charge < -0.3 is 30.3 Å². The monoisotopic (exact) mass is 757 g/mol. The van der Waals surface area contributed by atoms with Crippen LogP contribution in [0.15, 0.2) is 83.3 Å². The van der Waals surface area contributed by atoms with E-state index in [0.29, 0.717) is 17.1 Å². The van der Waals surface area contributed by atoms with Crippen molar-refractivity contribution in [3.8, 4) is 5.75 Å². The number of rotatable bonds is 8. The van der Waals surface area contributed by atoms with Crippen molar-refractivity contribution in [2.45, 2.75) is 51.9 Å². The van der Waals surface area contributed by atoms with Gasteiger partial charge in [0.1, 0.15) is 23.4 Å². The second kappa shape index (κ2) is 14.8. The third kappa shape index (κ3) is 7.99. The van der Waals surface area contributed by atoms with Gasteiger partial charge in [0.2, 0.25) is 11.8 Å². The molecule has 0 bridgehead atoms. The van der Waals surface area contributed by atoms with E-state index in [1.807, 2.05) is 30.3 Å². The van der Waals surface area contributed by atoms with E-state index in [9.17, 15) is 24.0 Å². The van der Waals surface area contributed by atoms with Crippen LogP contribution in [-0.4, -0.2) is 73.0 Å². The standard InChI is InChI=1S/C38H40BrN5O7/c1-22(42(5)37(49)51-38(2,3)4)34(46)41-29-21-44(35(47)24-13-11-23(12-14-24)33(40)45)31-10-8-7-9-30(31)43(36(29)48)20-28-27-17-16-26(39)19-25(27)15-18-32(28)50-6/h7-19,22,29H,20-21H2,1-6H3,(H2,40,45)(H,41,46)/t22-,29-/m0/s1. The molecule has 266 valence electrons. The molecule has 1 aliphatic heterocycles. The average Bonchev–Trinajstić information content (AvgIpc) is 3.20. The van der Waals surface area contributed by atoms with Crippen LogP contribution in [-0.2, 0) is 20.9 Å². The maximum atomic E-state index is 14.7. The summed E-state index contributed by atoms with van der Waals surface area (Å²) >= 11 is 3.53. The predicted octanol–water partition coefficient (Wildman–Crippen LogP) is 5.64. The van der Waals surface area contributed by atoms with Gasteiger partial charge in [-0.2, -0.15) is 0 Å². The van der Waals surface area contributed by atoms with Crippen LogP contribution < -0.4 is 25.6 Å². The summed E-state index contributed by atoms with van der Waals surface area (Å²) in [5, 5.41) is 4.58. The van der Waals surface area contributed by atoms with Crippen LogP contribution in [0.4, 0.5) is 16.2 Å². The Morgan fingerprint density at radius 2 is 1.63 bits per heavy atom. The maximum Gasteiger partial charge on any atom is 0.410 e. The molecule has 5 rings (SSSR count). The molecule has 2 atom stereocenters. The molecule has 0 aliphatic carbocycles. The summed E-state index contributed by atoms with van der Waals surface area (Å²) in [6.07, 6.45) is -0.711. The molecule has 3 N–H and O–H groups in total. The second-order valence-electron chi connectivity index (χ2n) is 13.2. The fourth-order valence-corrected chi connectivity index (χ4v) is 6.18. The zero-order valence-electron chi connectivity index (χ0n) is 29.2. The first-order valence-corrected chi connectivity index (χ1v) is 17.0. The Labute approximate surface area is 304 Å². The number of ether oxygens (including phenoxy) is 2. The fourth-order valence-electron chi connectivity index (χ4n) is 5.80. The van der Waals surface area contributed by atoms with Gasteiger partial charge in [0.25, 0.3) is 11.8 Å². The first kappa shape index (κ1) is 36.8. The summed E-state index contributed by atoms with van der Waals surface area (Å²) in [5.41, 5.74) is 6.66. The number of nitrogens with zero attached hydrogens (tertiary/aromatic N) is 3. The third-order valence-corrected chi connectivity index (χ3v) is 9.09. The molecule has 12 nitrogen and oxygen atoms in total. The van der Waals surface area contributed by atoms with Gasteiger partial charge in [-0.05, 0) is 93.1 Å². The first-order chi connectivity index (χ1) is 24.1. The van der Waals surface area contributed by atoms with Crippen molar-refractivity contribution in [3.05, 3.63) is 100 Å². The quantitative estimate of drug-likeness (QED) is 0.236. The van der Waals surface area contributed by atoms with E-state index in [-0.39, 0.29) is 24.2 Å². The summed E-state index contributed by atoms with van der Waals surface area (Å²) in [6, 6.07) is 20.1. The number of primary amides is 1. The van der Waals surface area contributed by atoms with Crippen LogP contribution in [0.1, 0.15) is 54.0 Å². The lowest BCUT2D eigenvalue weighted by molar-refractivity contribution is -0.130. The number of likely N-dealkylation sites (N-methyl/N-ethyl adjacent to an activating group) is 1. The van der Waals surface area contributed by atoms with Crippen LogP contribution >= 0.6 is 15.9 Å². The lowest BCUT2D eigenvalue weighted by Crippen LogP contribution is -2.57.